The van der Waals surface area contributed by atoms with E-state index in [0.29, 0.717) is 0 Å². The molecule has 178 valence electrons. The zero-order valence-electron chi connectivity index (χ0n) is 16.6. The molecule has 0 amide bonds. The largest absolute Gasteiger partial charge is 0.573 e. The summed E-state index contributed by atoms with van der Waals surface area (Å²) < 4.78 is 81.7. The summed E-state index contributed by atoms with van der Waals surface area (Å²) >= 11 is 0. The van der Waals surface area contributed by atoms with Crippen molar-refractivity contribution in [3.63, 3.8) is 0 Å². The first-order chi connectivity index (χ1) is 15.7. The lowest BCUT2D eigenvalue weighted by molar-refractivity contribution is -0.275. The topological polar surface area (TPSA) is 93.1 Å². The van der Waals surface area contributed by atoms with Crippen LogP contribution in [0.4, 0.5) is 26.3 Å². The first kappa shape index (κ1) is 24.4. The van der Waals surface area contributed by atoms with E-state index < -0.39 is 47.3 Å². The molecule has 6 nitrogen and oxygen atoms in total. The Labute approximate surface area is 186 Å². The number of carboxylic acids is 2. The van der Waals surface area contributed by atoms with Crippen molar-refractivity contribution in [1.82, 2.24) is 0 Å². The Bertz CT molecular complexity index is 1120. The van der Waals surface area contributed by atoms with Gasteiger partial charge in [0, 0.05) is 0 Å². The number of ether oxygens (including phenoxy) is 2. The van der Waals surface area contributed by atoms with Gasteiger partial charge in [0.2, 0.25) is 0 Å². The van der Waals surface area contributed by atoms with E-state index in [0.717, 1.165) is 48.5 Å². The van der Waals surface area contributed by atoms with E-state index in [1.807, 2.05) is 0 Å². The molecule has 3 aromatic rings. The Morgan fingerprint density at radius 1 is 0.559 bits per heavy atom. The minimum atomic E-state index is -4.94. The number of carbonyl (C=O) groups is 2. The molecule has 0 saturated heterocycles. The molecule has 0 aliphatic heterocycles. The maximum absolute atomic E-state index is 12.4. The summed E-state index contributed by atoms with van der Waals surface area (Å²) in [6, 6.07) is 10.7. The lowest BCUT2D eigenvalue weighted by Crippen LogP contribution is -2.17. The molecule has 0 spiro atoms. The summed E-state index contributed by atoms with van der Waals surface area (Å²) in [6.45, 7) is 0. The van der Waals surface area contributed by atoms with Crippen LogP contribution in [0.5, 0.6) is 11.5 Å². The fraction of sp³-hybridized carbons (Fsp3) is 0.0909. The summed E-state index contributed by atoms with van der Waals surface area (Å²) in [4.78, 5) is 24.0. The molecule has 3 rings (SSSR count). The number of aromatic carboxylic acids is 2. The zero-order chi connectivity index (χ0) is 25.3. The molecule has 0 aliphatic carbocycles. The number of alkyl halides is 6. The molecule has 0 aromatic heterocycles. The Morgan fingerprint density at radius 2 is 0.853 bits per heavy atom. The van der Waals surface area contributed by atoms with Gasteiger partial charge in [-0.1, -0.05) is 36.4 Å². The number of benzene rings is 3. The van der Waals surface area contributed by atoms with Crippen molar-refractivity contribution in [2.24, 2.45) is 0 Å². The molecule has 0 heterocycles. The van der Waals surface area contributed by atoms with Crippen molar-refractivity contribution >= 4 is 11.9 Å². The molecule has 34 heavy (non-hydrogen) atoms. The van der Waals surface area contributed by atoms with Gasteiger partial charge in [-0.15, -0.1) is 26.3 Å². The van der Waals surface area contributed by atoms with Crippen molar-refractivity contribution in [1.29, 1.82) is 0 Å². The van der Waals surface area contributed by atoms with Crippen LogP contribution >= 0.6 is 0 Å². The smallest absolute Gasteiger partial charge is 0.478 e. The summed E-state index contributed by atoms with van der Waals surface area (Å²) in [5.41, 5.74) is -1.35. The Balaban J connectivity index is 2.09. The average molecular weight is 486 g/mol. The number of hydrogen-bond acceptors (Lipinski definition) is 4. The monoisotopic (exact) mass is 486 g/mol. The van der Waals surface area contributed by atoms with Gasteiger partial charge in [-0.3, -0.25) is 0 Å². The highest BCUT2D eigenvalue weighted by atomic mass is 19.4. The third-order valence-electron chi connectivity index (χ3n) is 4.43. The van der Waals surface area contributed by atoms with Gasteiger partial charge in [-0.2, -0.15) is 0 Å². The summed E-state index contributed by atoms with van der Waals surface area (Å²) in [5.74, 6) is -4.41. The van der Waals surface area contributed by atoms with Gasteiger partial charge < -0.3 is 19.7 Å². The van der Waals surface area contributed by atoms with Crippen LogP contribution in [0.25, 0.3) is 22.3 Å². The number of carboxylic acid groups (broad SMARTS) is 2. The van der Waals surface area contributed by atoms with Gasteiger partial charge in [-0.05, 0) is 46.5 Å². The molecular formula is C22H12F6O6. The van der Waals surface area contributed by atoms with E-state index in [2.05, 4.69) is 9.47 Å². The van der Waals surface area contributed by atoms with Crippen molar-refractivity contribution in [3.05, 3.63) is 71.8 Å². The van der Waals surface area contributed by atoms with Crippen LogP contribution in [0.1, 0.15) is 20.7 Å². The molecule has 0 fully saturated rings. The van der Waals surface area contributed by atoms with E-state index in [4.69, 9.17) is 0 Å². The van der Waals surface area contributed by atoms with Gasteiger partial charge in [0.05, 0.1) is 11.1 Å². The van der Waals surface area contributed by atoms with E-state index in [1.54, 1.807) is 0 Å². The highest BCUT2D eigenvalue weighted by Crippen LogP contribution is 2.36. The van der Waals surface area contributed by atoms with Gasteiger partial charge in [0.25, 0.3) is 0 Å². The van der Waals surface area contributed by atoms with Crippen LogP contribution in [-0.4, -0.2) is 34.9 Å². The molecule has 3 aromatic carbocycles. The first-order valence-corrected chi connectivity index (χ1v) is 9.11. The second-order valence-corrected chi connectivity index (χ2v) is 6.67. The van der Waals surface area contributed by atoms with Gasteiger partial charge in [0.1, 0.15) is 11.5 Å². The summed E-state index contributed by atoms with van der Waals surface area (Å²) in [7, 11) is 0. The Morgan fingerprint density at radius 3 is 1.09 bits per heavy atom. The fourth-order valence-electron chi connectivity index (χ4n) is 3.20. The van der Waals surface area contributed by atoms with Crippen LogP contribution in [0.2, 0.25) is 0 Å². The molecular weight excluding hydrogens is 474 g/mol. The van der Waals surface area contributed by atoms with Crippen LogP contribution in [-0.2, 0) is 0 Å². The molecule has 0 atom stereocenters. The maximum atomic E-state index is 12.4. The van der Waals surface area contributed by atoms with Crippen LogP contribution < -0.4 is 9.47 Å². The molecule has 0 saturated carbocycles. The molecule has 2 N–H and O–H groups in total. The normalized spacial score (nSPS) is 11.7. The minimum absolute atomic E-state index is 0.0925. The number of hydrogen-bond donors (Lipinski definition) is 2. The van der Waals surface area contributed by atoms with E-state index >= 15 is 0 Å². The number of halogens is 6. The van der Waals surface area contributed by atoms with E-state index in [1.165, 1.54) is 12.1 Å². The highest BCUT2D eigenvalue weighted by Gasteiger charge is 2.32. The van der Waals surface area contributed by atoms with Crippen LogP contribution in [0, 0.1) is 0 Å². The van der Waals surface area contributed by atoms with Gasteiger partial charge >= 0.3 is 24.7 Å². The third kappa shape index (κ3) is 5.77. The maximum Gasteiger partial charge on any atom is 0.573 e. The quantitative estimate of drug-likeness (QED) is 0.402. The van der Waals surface area contributed by atoms with E-state index in [-0.39, 0.29) is 22.3 Å². The Kier molecular flexibility index (Phi) is 6.44. The predicted octanol–water partition coefficient (Wildman–Crippen LogP) is 6.21. The molecule has 0 radical (unpaired) electrons. The fourth-order valence-corrected chi connectivity index (χ4v) is 3.20. The Hall–Kier alpha value is -4.22. The average Bonchev–Trinajstić information content (AvgIpc) is 2.71. The second kappa shape index (κ2) is 8.96. The summed E-state index contributed by atoms with van der Waals surface area (Å²) in [6.07, 6.45) is -9.88. The molecule has 0 unspecified atom stereocenters. The molecule has 12 heteroatoms. The van der Waals surface area contributed by atoms with Crippen LogP contribution in [0.3, 0.4) is 0 Å². The van der Waals surface area contributed by atoms with Crippen molar-refractivity contribution in [3.8, 4) is 33.8 Å². The SMILES string of the molecule is O=C(O)c1c(-c2ccc(OC(F)(F)F)cc2)ccc(-c2ccc(OC(F)(F)F)cc2)c1C(=O)O. The van der Waals surface area contributed by atoms with Gasteiger partial charge in [-0.25, -0.2) is 9.59 Å². The molecule has 0 aliphatic rings. The predicted molar refractivity (Wildman–Crippen MR) is 105 cm³/mol. The standard InChI is InChI=1S/C22H12F6O6/c23-21(24,25)33-13-5-1-11(2-6-13)15-9-10-16(18(20(31)32)17(15)19(29)30)12-3-7-14(8-4-12)34-22(26,27)28/h1-10H,(H,29,30)(H,31,32). The van der Waals surface area contributed by atoms with Crippen LogP contribution in [0.15, 0.2) is 60.7 Å². The van der Waals surface area contributed by atoms with Gasteiger partial charge in [0.15, 0.2) is 0 Å². The minimum Gasteiger partial charge on any atom is -0.478 e. The second-order valence-electron chi connectivity index (χ2n) is 6.67. The van der Waals surface area contributed by atoms with Crippen molar-refractivity contribution in [2.45, 2.75) is 12.7 Å². The zero-order valence-corrected chi connectivity index (χ0v) is 16.6. The van der Waals surface area contributed by atoms with Crippen molar-refractivity contribution < 1.29 is 55.6 Å². The van der Waals surface area contributed by atoms with Crippen molar-refractivity contribution in [2.75, 3.05) is 0 Å². The molecule has 0 bridgehead atoms. The highest BCUT2D eigenvalue weighted by molar-refractivity contribution is 6.10. The number of rotatable bonds is 6. The first-order valence-electron chi connectivity index (χ1n) is 9.11. The van der Waals surface area contributed by atoms with E-state index in [9.17, 15) is 46.1 Å². The lowest BCUT2D eigenvalue weighted by Gasteiger charge is -2.15. The summed E-state index contributed by atoms with van der Waals surface area (Å²) in [5, 5.41) is 19.5. The third-order valence-corrected chi connectivity index (χ3v) is 4.43. The lowest BCUT2D eigenvalue weighted by atomic mass is 9.89.